The zero-order valence-electron chi connectivity index (χ0n) is 25.2. The van der Waals surface area contributed by atoms with E-state index in [-0.39, 0.29) is 46.8 Å². The van der Waals surface area contributed by atoms with Gasteiger partial charge in [0.25, 0.3) is 0 Å². The molecule has 0 fully saturated rings. The van der Waals surface area contributed by atoms with Crippen LogP contribution in [0.25, 0.3) is 66.4 Å². The summed E-state index contributed by atoms with van der Waals surface area (Å²) >= 11 is 6.55. The van der Waals surface area contributed by atoms with Crippen LogP contribution in [0.15, 0.2) is 144 Å². The summed E-state index contributed by atoms with van der Waals surface area (Å²) in [7, 11) is 0. The van der Waals surface area contributed by atoms with E-state index in [0.29, 0.717) is 43.8 Å². The van der Waals surface area contributed by atoms with E-state index in [0.717, 1.165) is 11.1 Å². The van der Waals surface area contributed by atoms with Gasteiger partial charge in [-0.05, 0) is 75.2 Å². The summed E-state index contributed by atoms with van der Waals surface area (Å²) in [6.07, 6.45) is 0. The van der Waals surface area contributed by atoms with E-state index >= 15 is 0 Å². The molecule has 1 nitrogen and oxygen atoms in total. The van der Waals surface area contributed by atoms with Gasteiger partial charge in [-0.15, -0.1) is 0 Å². The molecule has 0 bridgehead atoms. The number of halogens is 1. The Hall–Kier alpha value is -4.59. The van der Waals surface area contributed by atoms with Crippen LogP contribution in [-0.2, 0) is 0 Å². The number of furan rings is 1. The van der Waals surface area contributed by atoms with Gasteiger partial charge in [-0.25, -0.2) is 0 Å². The van der Waals surface area contributed by atoms with Crippen LogP contribution in [0.1, 0.15) is 6.85 Å². The SMILES string of the molecule is [2H]c1c(-c2ccccc2)c([2H])c2oc3c([2H])c(-c4ccccc4)c([2H])c(-c4cccc(-c5ccccc5Cl)c4)c3c2c1[2H]. The molecule has 0 atom stereocenters. The molecule has 0 unspecified atom stereocenters. The topological polar surface area (TPSA) is 13.1 Å². The normalized spacial score (nSPS) is 13.1. The second-order valence-electron chi connectivity index (χ2n) is 9.05. The maximum absolute atomic E-state index is 9.49. The van der Waals surface area contributed by atoms with Crippen molar-refractivity contribution >= 4 is 33.5 Å². The lowest BCUT2D eigenvalue weighted by Gasteiger charge is -2.11. The van der Waals surface area contributed by atoms with E-state index in [1.54, 1.807) is 12.1 Å². The van der Waals surface area contributed by atoms with Crippen molar-refractivity contribution in [3.63, 3.8) is 0 Å². The Balaban J connectivity index is 1.64. The first-order valence-electron chi connectivity index (χ1n) is 14.8. The summed E-state index contributed by atoms with van der Waals surface area (Å²) < 4.78 is 52.2. The first-order chi connectivity index (χ1) is 20.9. The van der Waals surface area contributed by atoms with Gasteiger partial charge in [0.05, 0.1) is 6.85 Å². The molecule has 0 saturated heterocycles. The molecule has 0 spiro atoms. The van der Waals surface area contributed by atoms with Crippen molar-refractivity contribution in [3.8, 4) is 44.5 Å². The van der Waals surface area contributed by atoms with Gasteiger partial charge in [0.1, 0.15) is 11.2 Å². The number of hydrogen-bond donors (Lipinski definition) is 0. The molecule has 180 valence electrons. The van der Waals surface area contributed by atoms with Gasteiger partial charge in [0.15, 0.2) is 0 Å². The predicted octanol–water partition coefficient (Wildman–Crippen LogP) is 10.9. The van der Waals surface area contributed by atoms with Crippen LogP contribution in [0, 0.1) is 0 Å². The number of benzene rings is 6. The fourth-order valence-corrected chi connectivity index (χ4v) is 5.06. The third-order valence-electron chi connectivity index (χ3n) is 6.66. The van der Waals surface area contributed by atoms with Crippen LogP contribution < -0.4 is 0 Å². The van der Waals surface area contributed by atoms with Gasteiger partial charge in [-0.3, -0.25) is 0 Å². The van der Waals surface area contributed by atoms with Crippen LogP contribution in [-0.4, -0.2) is 0 Å². The minimum atomic E-state index is -0.113. The smallest absolute Gasteiger partial charge is 0.136 e. The van der Waals surface area contributed by atoms with Gasteiger partial charge >= 0.3 is 0 Å². The van der Waals surface area contributed by atoms with Crippen LogP contribution in [0.4, 0.5) is 0 Å². The molecule has 0 N–H and O–H groups in total. The summed E-state index contributed by atoms with van der Waals surface area (Å²) in [5.74, 6) is 0. The molecule has 1 heterocycles. The molecule has 0 radical (unpaired) electrons. The van der Waals surface area contributed by atoms with Crippen molar-refractivity contribution in [2.24, 2.45) is 0 Å². The van der Waals surface area contributed by atoms with Crippen LogP contribution in [0.3, 0.4) is 0 Å². The van der Waals surface area contributed by atoms with E-state index in [9.17, 15) is 2.74 Å². The lowest BCUT2D eigenvalue weighted by Crippen LogP contribution is -1.86. The maximum Gasteiger partial charge on any atom is 0.136 e. The number of rotatable bonds is 4. The van der Waals surface area contributed by atoms with E-state index in [1.807, 2.05) is 97.1 Å². The van der Waals surface area contributed by atoms with E-state index < -0.39 is 0 Å². The molecule has 6 aromatic carbocycles. The third kappa shape index (κ3) is 3.98. The van der Waals surface area contributed by atoms with Crippen LogP contribution >= 0.6 is 11.6 Å². The Morgan fingerprint density at radius 3 is 1.84 bits per heavy atom. The van der Waals surface area contributed by atoms with Crippen molar-refractivity contribution in [3.05, 3.63) is 144 Å². The second kappa shape index (κ2) is 9.37. The molecule has 0 aliphatic heterocycles. The standard InChI is InChI=1S/C36H23ClO/c37-33-17-8-7-16-30(33)27-14-9-15-28(20-27)32-21-29(25-12-5-2-6-13-25)23-35-36(32)31-19-18-26(22-34(31)38-35)24-10-3-1-4-11-24/h1-23H/i18D,19D,21D,22D,23D. The highest BCUT2D eigenvalue weighted by Gasteiger charge is 2.17. The Bertz CT molecular complexity index is 2190. The highest BCUT2D eigenvalue weighted by atomic mass is 35.5. The summed E-state index contributed by atoms with van der Waals surface area (Å²) in [5.41, 5.74) is 5.13. The fourth-order valence-electron chi connectivity index (χ4n) is 4.82. The third-order valence-corrected chi connectivity index (χ3v) is 6.99. The fraction of sp³-hybridized carbons (Fsp3) is 0. The molecule has 1 aromatic heterocycles. The first-order valence-corrected chi connectivity index (χ1v) is 12.7. The predicted molar refractivity (Wildman–Crippen MR) is 160 cm³/mol. The molecule has 7 aromatic rings. The summed E-state index contributed by atoms with van der Waals surface area (Å²) in [6.45, 7) is 0. The van der Waals surface area contributed by atoms with E-state index in [1.165, 1.54) is 0 Å². The Labute approximate surface area is 233 Å². The average Bonchev–Trinajstić information content (AvgIpc) is 3.43. The monoisotopic (exact) mass is 511 g/mol. The molecule has 0 amide bonds. The Morgan fingerprint density at radius 2 is 1.11 bits per heavy atom. The van der Waals surface area contributed by atoms with Gasteiger partial charge in [0, 0.05) is 21.4 Å². The summed E-state index contributed by atoms with van der Waals surface area (Å²) in [6, 6.07) is 33.5. The molecule has 7 rings (SSSR count). The molecular formula is C36H23ClO. The molecule has 38 heavy (non-hydrogen) atoms. The second-order valence-corrected chi connectivity index (χ2v) is 9.46. The van der Waals surface area contributed by atoms with Crippen molar-refractivity contribution in [2.75, 3.05) is 0 Å². The van der Waals surface area contributed by atoms with Gasteiger partial charge in [-0.2, -0.15) is 0 Å². The highest BCUT2D eigenvalue weighted by Crippen LogP contribution is 2.42. The quantitative estimate of drug-likeness (QED) is 0.229. The molecule has 0 aliphatic carbocycles. The lowest BCUT2D eigenvalue weighted by atomic mass is 9.92. The zero-order valence-corrected chi connectivity index (χ0v) is 20.9. The Kier molecular flexibility index (Phi) is 4.39. The Morgan fingerprint density at radius 1 is 0.500 bits per heavy atom. The number of hydrogen-bond acceptors (Lipinski definition) is 1. The lowest BCUT2D eigenvalue weighted by molar-refractivity contribution is 0.669. The zero-order chi connectivity index (χ0) is 29.8. The molecule has 0 aliphatic rings. The molecular weight excluding hydrogens is 484 g/mol. The molecule has 2 heteroatoms. The van der Waals surface area contributed by atoms with Crippen molar-refractivity contribution < 1.29 is 11.3 Å². The van der Waals surface area contributed by atoms with E-state index in [2.05, 4.69) is 0 Å². The number of fused-ring (bicyclic) bond motifs is 3. The first kappa shape index (κ1) is 17.8. The van der Waals surface area contributed by atoms with Gasteiger partial charge in [0.2, 0.25) is 0 Å². The van der Waals surface area contributed by atoms with E-state index in [4.69, 9.17) is 20.1 Å². The summed E-state index contributed by atoms with van der Waals surface area (Å²) in [5, 5.41) is 1.23. The van der Waals surface area contributed by atoms with Crippen molar-refractivity contribution in [1.82, 2.24) is 0 Å². The van der Waals surface area contributed by atoms with Gasteiger partial charge < -0.3 is 4.42 Å². The molecule has 0 saturated carbocycles. The highest BCUT2D eigenvalue weighted by molar-refractivity contribution is 6.33. The minimum absolute atomic E-state index is 0.000000124. The van der Waals surface area contributed by atoms with Crippen molar-refractivity contribution in [1.29, 1.82) is 0 Å². The van der Waals surface area contributed by atoms with Crippen LogP contribution in [0.2, 0.25) is 5.02 Å². The minimum Gasteiger partial charge on any atom is -0.456 e. The summed E-state index contributed by atoms with van der Waals surface area (Å²) in [4.78, 5) is 0. The largest absolute Gasteiger partial charge is 0.456 e. The van der Waals surface area contributed by atoms with Crippen LogP contribution in [0.5, 0.6) is 0 Å². The maximum atomic E-state index is 9.49. The van der Waals surface area contributed by atoms with Crippen molar-refractivity contribution in [2.45, 2.75) is 0 Å². The average molecular weight is 512 g/mol. The van der Waals surface area contributed by atoms with Gasteiger partial charge in [-0.1, -0.05) is 115 Å².